The van der Waals surface area contributed by atoms with Gasteiger partial charge in [-0.15, -0.1) is 0 Å². The summed E-state index contributed by atoms with van der Waals surface area (Å²) in [5, 5.41) is 11.2. The van der Waals surface area contributed by atoms with Crippen LogP contribution in [-0.2, 0) is 12.1 Å². The number of oxazole rings is 1. The molecule has 23 heavy (non-hydrogen) atoms. The molecule has 2 heterocycles. The highest BCUT2D eigenvalue weighted by atomic mass is 16.5. The molecule has 5 heteroatoms. The first-order valence-corrected chi connectivity index (χ1v) is 8.03. The molecule has 1 aromatic heterocycles. The van der Waals surface area contributed by atoms with Crippen LogP contribution in [0.4, 0.5) is 0 Å². The van der Waals surface area contributed by atoms with Crippen molar-refractivity contribution < 1.29 is 14.3 Å². The molecule has 1 aliphatic heterocycles. The van der Waals surface area contributed by atoms with Gasteiger partial charge < -0.3 is 14.3 Å². The third kappa shape index (κ3) is 3.26. The van der Waals surface area contributed by atoms with Crippen LogP contribution in [0.25, 0.3) is 0 Å². The van der Waals surface area contributed by atoms with E-state index in [0.29, 0.717) is 12.4 Å². The van der Waals surface area contributed by atoms with E-state index < -0.39 is 5.60 Å². The van der Waals surface area contributed by atoms with Crippen molar-refractivity contribution in [3.63, 3.8) is 0 Å². The summed E-state index contributed by atoms with van der Waals surface area (Å²) in [6.45, 7) is 5.35. The maximum atomic E-state index is 11.2. The largest absolute Gasteiger partial charge is 0.497 e. The number of benzene rings is 1. The van der Waals surface area contributed by atoms with Crippen LogP contribution >= 0.6 is 0 Å². The minimum Gasteiger partial charge on any atom is -0.497 e. The highest BCUT2D eigenvalue weighted by Gasteiger charge is 2.40. The van der Waals surface area contributed by atoms with Crippen LogP contribution in [0.1, 0.15) is 37.0 Å². The number of nitrogens with zero attached hydrogens (tertiary/aromatic N) is 2. The summed E-state index contributed by atoms with van der Waals surface area (Å²) in [5.41, 5.74) is -0.0245. The van der Waals surface area contributed by atoms with Crippen LogP contribution in [-0.4, -0.2) is 34.7 Å². The molecule has 0 amide bonds. The van der Waals surface area contributed by atoms with Crippen LogP contribution < -0.4 is 4.74 Å². The maximum Gasteiger partial charge on any atom is 0.208 e. The topological polar surface area (TPSA) is 58.7 Å². The fraction of sp³-hybridized carbons (Fsp3) is 0.500. The fourth-order valence-corrected chi connectivity index (χ4v) is 3.42. The van der Waals surface area contributed by atoms with E-state index in [2.05, 4.69) is 9.88 Å². The van der Waals surface area contributed by atoms with Crippen molar-refractivity contribution in [2.24, 2.45) is 0 Å². The van der Waals surface area contributed by atoms with Gasteiger partial charge in [-0.25, -0.2) is 4.98 Å². The zero-order valence-electron chi connectivity index (χ0n) is 14.0. The van der Waals surface area contributed by atoms with Crippen LogP contribution in [0, 0.1) is 6.92 Å². The van der Waals surface area contributed by atoms with Gasteiger partial charge in [0.1, 0.15) is 17.1 Å². The van der Waals surface area contributed by atoms with Gasteiger partial charge in [0, 0.05) is 6.04 Å². The summed E-state index contributed by atoms with van der Waals surface area (Å²) >= 11 is 0. The molecule has 1 aromatic carbocycles. The van der Waals surface area contributed by atoms with Crippen molar-refractivity contribution in [2.45, 2.75) is 44.9 Å². The number of aromatic nitrogens is 1. The van der Waals surface area contributed by atoms with Gasteiger partial charge in [-0.2, -0.15) is 0 Å². The molecule has 1 N–H and O–H groups in total. The number of ether oxygens (including phenoxy) is 1. The summed E-state index contributed by atoms with van der Waals surface area (Å²) in [6, 6.07) is 7.69. The normalized spacial score (nSPS) is 21.3. The van der Waals surface area contributed by atoms with E-state index >= 15 is 0 Å². The zero-order valence-corrected chi connectivity index (χ0v) is 14.0. The summed E-state index contributed by atoms with van der Waals surface area (Å²) in [5.74, 6) is 2.32. The summed E-state index contributed by atoms with van der Waals surface area (Å²) in [6.07, 6.45) is 3.76. The second-order valence-corrected chi connectivity index (χ2v) is 6.37. The smallest absolute Gasteiger partial charge is 0.208 e. The lowest BCUT2D eigenvalue weighted by Gasteiger charge is -2.36. The zero-order chi connectivity index (χ0) is 16.4. The lowest BCUT2D eigenvalue weighted by molar-refractivity contribution is -0.0274. The fourth-order valence-electron chi connectivity index (χ4n) is 3.42. The molecule has 0 bridgehead atoms. The number of hydrogen-bond donors (Lipinski definition) is 1. The second-order valence-electron chi connectivity index (χ2n) is 6.37. The number of likely N-dealkylation sites (tertiary alicyclic amines) is 1. The minimum atomic E-state index is -0.926. The average molecular weight is 316 g/mol. The Bertz CT molecular complexity index is 649. The van der Waals surface area contributed by atoms with E-state index in [1.807, 2.05) is 38.1 Å². The number of aliphatic hydroxyl groups is 1. The van der Waals surface area contributed by atoms with E-state index in [9.17, 15) is 5.11 Å². The number of hydrogen-bond acceptors (Lipinski definition) is 5. The molecule has 0 aliphatic carbocycles. The van der Waals surface area contributed by atoms with Crippen LogP contribution in [0.2, 0.25) is 0 Å². The molecule has 0 saturated carbocycles. The molecule has 3 rings (SSSR count). The van der Waals surface area contributed by atoms with Crippen molar-refractivity contribution in [3.05, 3.63) is 47.7 Å². The first-order valence-electron chi connectivity index (χ1n) is 8.03. The molecule has 2 atom stereocenters. The van der Waals surface area contributed by atoms with Gasteiger partial charge in [0.05, 0.1) is 19.9 Å². The molecule has 124 valence electrons. The van der Waals surface area contributed by atoms with E-state index in [4.69, 9.17) is 9.15 Å². The Hall–Kier alpha value is -1.85. The SMILES string of the molecule is COc1ccc([C@](C)(O)[C@H]2CCCN2Cc2ncc(C)o2)cc1. The summed E-state index contributed by atoms with van der Waals surface area (Å²) in [4.78, 5) is 6.54. The van der Waals surface area contributed by atoms with Gasteiger partial charge in [-0.1, -0.05) is 12.1 Å². The highest BCUT2D eigenvalue weighted by molar-refractivity contribution is 5.31. The third-order valence-corrected chi connectivity index (χ3v) is 4.69. The first-order chi connectivity index (χ1) is 11.0. The van der Waals surface area contributed by atoms with Crippen molar-refractivity contribution in [1.29, 1.82) is 0 Å². The Morgan fingerprint density at radius 1 is 1.39 bits per heavy atom. The van der Waals surface area contributed by atoms with Crippen LogP contribution in [0.5, 0.6) is 5.75 Å². The van der Waals surface area contributed by atoms with E-state index in [1.165, 1.54) is 0 Å². The van der Waals surface area contributed by atoms with Gasteiger partial charge in [0.15, 0.2) is 0 Å². The maximum absolute atomic E-state index is 11.2. The third-order valence-electron chi connectivity index (χ3n) is 4.69. The van der Waals surface area contributed by atoms with Crippen molar-refractivity contribution in [2.75, 3.05) is 13.7 Å². The van der Waals surface area contributed by atoms with Gasteiger partial charge in [0.2, 0.25) is 5.89 Å². The van der Waals surface area contributed by atoms with Crippen molar-refractivity contribution in [1.82, 2.24) is 9.88 Å². The van der Waals surface area contributed by atoms with Crippen molar-refractivity contribution in [3.8, 4) is 5.75 Å². The molecular weight excluding hydrogens is 292 g/mol. The predicted molar refractivity (Wildman–Crippen MR) is 87.2 cm³/mol. The van der Waals surface area contributed by atoms with Crippen LogP contribution in [0.3, 0.4) is 0 Å². The molecule has 2 aromatic rings. The van der Waals surface area contributed by atoms with Gasteiger partial charge in [-0.3, -0.25) is 4.90 Å². The first kappa shape index (κ1) is 16.0. The molecular formula is C18H24N2O3. The Kier molecular flexibility index (Phi) is 4.41. The van der Waals surface area contributed by atoms with E-state index in [0.717, 1.165) is 36.5 Å². The van der Waals surface area contributed by atoms with Crippen molar-refractivity contribution >= 4 is 0 Å². The Labute approximate surface area is 136 Å². The monoisotopic (exact) mass is 316 g/mol. The lowest BCUT2D eigenvalue weighted by atomic mass is 9.86. The average Bonchev–Trinajstić information content (AvgIpc) is 3.17. The molecule has 1 saturated heterocycles. The molecule has 5 nitrogen and oxygen atoms in total. The van der Waals surface area contributed by atoms with Gasteiger partial charge in [-0.05, 0) is 50.9 Å². The lowest BCUT2D eigenvalue weighted by Crippen LogP contribution is -2.45. The molecule has 1 aliphatic rings. The standard InChI is InChI=1S/C18H24N2O3/c1-13-11-19-17(23-13)12-20-10-4-5-16(20)18(2,21)14-6-8-15(22-3)9-7-14/h6-9,11,16,21H,4-5,10,12H2,1-3H3/t16-,18+/m1/s1. The van der Waals surface area contributed by atoms with Gasteiger partial charge in [0.25, 0.3) is 0 Å². The van der Waals surface area contributed by atoms with E-state index in [1.54, 1.807) is 13.3 Å². The molecule has 0 spiro atoms. The molecule has 0 radical (unpaired) electrons. The molecule has 1 fully saturated rings. The molecule has 0 unspecified atom stereocenters. The highest BCUT2D eigenvalue weighted by Crippen LogP contribution is 2.36. The second kappa shape index (κ2) is 6.34. The summed E-state index contributed by atoms with van der Waals surface area (Å²) < 4.78 is 10.8. The van der Waals surface area contributed by atoms with Crippen LogP contribution in [0.15, 0.2) is 34.9 Å². The Morgan fingerprint density at radius 2 is 2.13 bits per heavy atom. The number of rotatable bonds is 5. The minimum absolute atomic E-state index is 0.0445. The van der Waals surface area contributed by atoms with E-state index in [-0.39, 0.29) is 6.04 Å². The quantitative estimate of drug-likeness (QED) is 0.919. The van der Waals surface area contributed by atoms with Gasteiger partial charge >= 0.3 is 0 Å². The Morgan fingerprint density at radius 3 is 2.74 bits per heavy atom. The number of methoxy groups -OCH3 is 1. The Balaban J connectivity index is 1.79. The predicted octanol–water partition coefficient (Wildman–Crippen LogP) is 2.86. The number of aryl methyl sites for hydroxylation is 1. The summed E-state index contributed by atoms with van der Waals surface area (Å²) in [7, 11) is 1.64.